The van der Waals surface area contributed by atoms with Gasteiger partial charge in [-0.2, -0.15) is 10.1 Å². The Kier molecular flexibility index (Phi) is 2.83. The van der Waals surface area contributed by atoms with E-state index in [9.17, 15) is 8.78 Å². The van der Waals surface area contributed by atoms with E-state index in [4.69, 9.17) is 23.2 Å². The maximum Gasteiger partial charge on any atom is 0.225 e. The Bertz CT molecular complexity index is 788. The third-order valence-corrected chi connectivity index (χ3v) is 2.95. The number of fused-ring (bicyclic) bond motifs is 1. The first-order chi connectivity index (χ1) is 9.06. The van der Waals surface area contributed by atoms with Gasteiger partial charge in [0, 0.05) is 6.07 Å². The number of rotatable bonds is 1. The van der Waals surface area contributed by atoms with Gasteiger partial charge in [0.25, 0.3) is 0 Å². The van der Waals surface area contributed by atoms with Gasteiger partial charge < -0.3 is 0 Å². The molecule has 96 valence electrons. The summed E-state index contributed by atoms with van der Waals surface area (Å²) < 4.78 is 28.0. The van der Waals surface area contributed by atoms with E-state index in [-0.39, 0.29) is 21.8 Å². The van der Waals surface area contributed by atoms with E-state index in [1.165, 1.54) is 6.20 Å². The molecule has 0 aliphatic heterocycles. The fraction of sp³-hybridized carbons (Fsp3) is 0. The molecule has 0 saturated heterocycles. The summed E-state index contributed by atoms with van der Waals surface area (Å²) in [7, 11) is 0. The average Bonchev–Trinajstić information content (AvgIpc) is 2.76. The highest BCUT2D eigenvalue weighted by molar-refractivity contribution is 6.35. The smallest absolute Gasteiger partial charge is 0.211 e. The van der Waals surface area contributed by atoms with Crippen LogP contribution in [0.4, 0.5) is 8.78 Å². The monoisotopic (exact) mass is 300 g/mol. The lowest BCUT2D eigenvalue weighted by atomic mass is 10.3. The Morgan fingerprint density at radius 2 is 1.89 bits per heavy atom. The number of benzene rings is 1. The van der Waals surface area contributed by atoms with Gasteiger partial charge in [0.15, 0.2) is 5.65 Å². The van der Waals surface area contributed by atoms with Gasteiger partial charge in [0.05, 0.1) is 11.6 Å². The molecule has 3 rings (SSSR count). The SMILES string of the molecule is Fc1ccc(F)c(-n2ncc3c(Cl)nc(Cl)nc32)c1. The first kappa shape index (κ1) is 12.3. The molecule has 4 nitrogen and oxygen atoms in total. The zero-order valence-corrected chi connectivity index (χ0v) is 10.6. The number of nitrogens with zero attached hydrogens (tertiary/aromatic N) is 4. The lowest BCUT2D eigenvalue weighted by molar-refractivity contribution is 0.588. The molecule has 19 heavy (non-hydrogen) atoms. The van der Waals surface area contributed by atoms with Crippen molar-refractivity contribution in [3.63, 3.8) is 0 Å². The van der Waals surface area contributed by atoms with Gasteiger partial charge in [-0.05, 0) is 23.7 Å². The highest BCUT2D eigenvalue weighted by Gasteiger charge is 2.15. The maximum absolute atomic E-state index is 13.7. The lowest BCUT2D eigenvalue weighted by Gasteiger charge is -2.04. The molecule has 3 aromatic rings. The maximum atomic E-state index is 13.7. The minimum atomic E-state index is -0.641. The van der Waals surface area contributed by atoms with Crippen molar-refractivity contribution in [1.29, 1.82) is 0 Å². The third kappa shape index (κ3) is 2.02. The van der Waals surface area contributed by atoms with Crippen LogP contribution in [-0.2, 0) is 0 Å². The van der Waals surface area contributed by atoms with E-state index in [1.54, 1.807) is 0 Å². The minimum absolute atomic E-state index is 0.0826. The molecular weight excluding hydrogens is 297 g/mol. The minimum Gasteiger partial charge on any atom is -0.211 e. The van der Waals surface area contributed by atoms with Crippen molar-refractivity contribution in [3.05, 3.63) is 46.5 Å². The van der Waals surface area contributed by atoms with Gasteiger partial charge >= 0.3 is 0 Å². The molecule has 0 radical (unpaired) electrons. The molecule has 0 aliphatic rings. The number of halogens is 4. The Hall–Kier alpha value is -1.79. The second-order valence-corrected chi connectivity index (χ2v) is 4.37. The van der Waals surface area contributed by atoms with Crippen LogP contribution in [0.15, 0.2) is 24.4 Å². The van der Waals surface area contributed by atoms with Crippen LogP contribution in [0.2, 0.25) is 10.4 Å². The normalized spacial score (nSPS) is 11.2. The Morgan fingerprint density at radius 3 is 2.68 bits per heavy atom. The third-order valence-electron chi connectivity index (χ3n) is 2.49. The van der Waals surface area contributed by atoms with E-state index in [1.807, 2.05) is 0 Å². The zero-order valence-electron chi connectivity index (χ0n) is 9.11. The molecule has 0 N–H and O–H groups in total. The first-order valence-corrected chi connectivity index (χ1v) is 5.84. The molecular formula is C11H4Cl2F2N4. The van der Waals surface area contributed by atoms with Crippen LogP contribution in [0.25, 0.3) is 16.7 Å². The standard InChI is InChI=1S/C11H4Cl2F2N4/c12-9-6-4-16-19(10(6)18-11(13)17-9)8-3-5(14)1-2-7(8)15/h1-4H. The lowest BCUT2D eigenvalue weighted by Crippen LogP contribution is -2.02. The molecule has 0 atom stereocenters. The summed E-state index contributed by atoms with van der Waals surface area (Å²) in [6.07, 6.45) is 1.36. The molecule has 0 unspecified atom stereocenters. The van der Waals surface area contributed by atoms with Gasteiger partial charge in [0.1, 0.15) is 22.5 Å². The van der Waals surface area contributed by atoms with Crippen LogP contribution >= 0.6 is 23.2 Å². The quantitative estimate of drug-likeness (QED) is 0.511. The predicted octanol–water partition coefficient (Wildman–Crippen LogP) is 3.40. The molecule has 1 aromatic carbocycles. The Balaban J connectivity index is 2.34. The van der Waals surface area contributed by atoms with Gasteiger partial charge in [-0.15, -0.1) is 0 Å². The van der Waals surface area contributed by atoms with Crippen LogP contribution in [0.3, 0.4) is 0 Å². The van der Waals surface area contributed by atoms with Gasteiger partial charge in [-0.25, -0.2) is 18.4 Å². The summed E-state index contributed by atoms with van der Waals surface area (Å²) in [5.74, 6) is -1.23. The number of hydrogen-bond donors (Lipinski definition) is 0. The molecule has 0 saturated carbocycles. The molecule has 0 amide bonds. The average molecular weight is 301 g/mol. The molecule has 0 fully saturated rings. The summed E-state index contributed by atoms with van der Waals surface area (Å²) >= 11 is 11.6. The van der Waals surface area contributed by atoms with Crippen LogP contribution in [-0.4, -0.2) is 19.7 Å². The van der Waals surface area contributed by atoms with E-state index in [2.05, 4.69) is 15.1 Å². The van der Waals surface area contributed by atoms with Crippen molar-refractivity contribution < 1.29 is 8.78 Å². The van der Waals surface area contributed by atoms with Crippen molar-refractivity contribution in [1.82, 2.24) is 19.7 Å². The number of aromatic nitrogens is 4. The Morgan fingerprint density at radius 1 is 1.11 bits per heavy atom. The van der Waals surface area contributed by atoms with Crippen LogP contribution < -0.4 is 0 Å². The van der Waals surface area contributed by atoms with Crippen LogP contribution in [0, 0.1) is 11.6 Å². The van der Waals surface area contributed by atoms with E-state index in [0.717, 1.165) is 22.9 Å². The highest BCUT2D eigenvalue weighted by atomic mass is 35.5. The van der Waals surface area contributed by atoms with Gasteiger partial charge in [-0.3, -0.25) is 0 Å². The van der Waals surface area contributed by atoms with Crippen molar-refractivity contribution in [2.45, 2.75) is 0 Å². The first-order valence-electron chi connectivity index (χ1n) is 5.08. The van der Waals surface area contributed by atoms with E-state index in [0.29, 0.717) is 5.39 Å². The molecule has 8 heteroatoms. The van der Waals surface area contributed by atoms with Crippen molar-refractivity contribution in [3.8, 4) is 5.69 Å². The highest BCUT2D eigenvalue weighted by Crippen LogP contribution is 2.25. The Labute approximate surface area is 115 Å². The van der Waals surface area contributed by atoms with Crippen LogP contribution in [0.1, 0.15) is 0 Å². The predicted molar refractivity (Wildman–Crippen MR) is 66.6 cm³/mol. The second kappa shape index (κ2) is 4.40. The summed E-state index contributed by atoms with van der Waals surface area (Å²) in [6, 6.07) is 3.02. The summed E-state index contributed by atoms with van der Waals surface area (Å²) in [5.41, 5.74) is 0.121. The second-order valence-electron chi connectivity index (χ2n) is 3.67. The molecule has 0 aliphatic carbocycles. The zero-order chi connectivity index (χ0) is 13.6. The topological polar surface area (TPSA) is 43.6 Å². The molecule has 0 bridgehead atoms. The molecule has 2 aromatic heterocycles. The van der Waals surface area contributed by atoms with Crippen LogP contribution in [0.5, 0.6) is 0 Å². The number of hydrogen-bond acceptors (Lipinski definition) is 3. The van der Waals surface area contributed by atoms with E-state index >= 15 is 0 Å². The fourth-order valence-electron chi connectivity index (χ4n) is 1.67. The molecule has 0 spiro atoms. The van der Waals surface area contributed by atoms with Crippen molar-refractivity contribution in [2.24, 2.45) is 0 Å². The van der Waals surface area contributed by atoms with Gasteiger partial charge in [-0.1, -0.05) is 11.6 Å². The summed E-state index contributed by atoms with van der Waals surface area (Å²) in [4.78, 5) is 7.67. The van der Waals surface area contributed by atoms with Crippen molar-refractivity contribution in [2.75, 3.05) is 0 Å². The van der Waals surface area contributed by atoms with Gasteiger partial charge in [0.2, 0.25) is 5.28 Å². The van der Waals surface area contributed by atoms with E-state index < -0.39 is 11.6 Å². The fourth-order valence-corrected chi connectivity index (χ4v) is 2.09. The summed E-state index contributed by atoms with van der Waals surface area (Å²) in [5, 5.41) is 4.33. The van der Waals surface area contributed by atoms with Crippen molar-refractivity contribution >= 4 is 34.2 Å². The summed E-state index contributed by atoms with van der Waals surface area (Å²) in [6.45, 7) is 0. The molecule has 2 heterocycles. The largest absolute Gasteiger partial charge is 0.225 e.